The topological polar surface area (TPSA) is 0 Å². The molecule has 0 aliphatic carbocycles. The van der Waals surface area contributed by atoms with E-state index in [1.165, 1.54) is 34.6 Å². The molecule has 1 heterocycles. The summed E-state index contributed by atoms with van der Waals surface area (Å²) in [5.41, 5.74) is 4.36. The minimum Gasteiger partial charge on any atom is -0.0622 e. The molecule has 0 unspecified atom stereocenters. The van der Waals surface area contributed by atoms with Gasteiger partial charge in [0.05, 0.1) is 0 Å². The molecule has 0 radical (unpaired) electrons. The zero-order chi connectivity index (χ0) is 20.2. The van der Waals surface area contributed by atoms with Gasteiger partial charge in [-0.1, -0.05) is 129 Å². The van der Waals surface area contributed by atoms with Gasteiger partial charge in [0.1, 0.15) is 0 Å². The van der Waals surface area contributed by atoms with E-state index in [1.807, 2.05) is 0 Å². The highest BCUT2D eigenvalue weighted by molar-refractivity contribution is 8.36. The summed E-state index contributed by atoms with van der Waals surface area (Å²) in [6.07, 6.45) is 2.57. The van der Waals surface area contributed by atoms with Crippen molar-refractivity contribution in [2.24, 2.45) is 0 Å². The molecule has 30 heavy (non-hydrogen) atoms. The van der Waals surface area contributed by atoms with Crippen molar-refractivity contribution >= 4 is 25.8 Å². The molecule has 0 amide bonds. The van der Waals surface area contributed by atoms with E-state index < -0.39 is 7.61 Å². The first-order valence-electron chi connectivity index (χ1n) is 10.7. The molecule has 148 valence electrons. The Bertz CT molecular complexity index is 962. The fourth-order valence-electron chi connectivity index (χ4n) is 4.62. The third kappa shape index (κ3) is 4.00. The predicted octanol–water partition coefficient (Wildman–Crippen LogP) is 7.79. The molecule has 5 rings (SSSR count). The Morgan fingerprint density at radius 3 is 1.17 bits per heavy atom. The van der Waals surface area contributed by atoms with Crippen LogP contribution in [0.2, 0.25) is 0 Å². The van der Waals surface area contributed by atoms with Crippen molar-refractivity contribution in [1.82, 2.24) is 0 Å². The second-order valence-electron chi connectivity index (χ2n) is 7.79. The van der Waals surface area contributed by atoms with Crippen molar-refractivity contribution in [2.45, 2.75) is 24.2 Å². The van der Waals surface area contributed by atoms with Crippen molar-refractivity contribution in [3.8, 4) is 0 Å². The summed E-state index contributed by atoms with van der Waals surface area (Å²) < 4.78 is 0. The summed E-state index contributed by atoms with van der Waals surface area (Å²) in [6.45, 7) is 0. The van der Waals surface area contributed by atoms with Gasteiger partial charge in [-0.15, -0.1) is 0 Å². The van der Waals surface area contributed by atoms with Gasteiger partial charge in [-0.25, -0.2) is 0 Å². The number of rotatable bonds is 5. The second-order valence-corrected chi connectivity index (χ2v) is 14.0. The fraction of sp³-hybridized carbons (Fsp3) is 0.143. The molecule has 1 aliphatic heterocycles. The normalized spacial score (nSPS) is 19.2. The lowest BCUT2D eigenvalue weighted by Crippen LogP contribution is -2.12. The SMILES string of the molecule is c1ccc([C@H]2CC[C@H](c3ccccc3)P2P(c2ccccc2)c2ccccc2)cc1. The summed E-state index contributed by atoms with van der Waals surface area (Å²) in [6, 6.07) is 45.2. The Hall–Kier alpha value is -2.26. The van der Waals surface area contributed by atoms with Crippen LogP contribution in [0.3, 0.4) is 0 Å². The molecule has 4 aromatic rings. The maximum Gasteiger partial charge on any atom is 0.00921 e. The first-order valence-corrected chi connectivity index (χ1v) is 14.2. The van der Waals surface area contributed by atoms with Gasteiger partial charge >= 0.3 is 0 Å². The van der Waals surface area contributed by atoms with Crippen molar-refractivity contribution in [3.63, 3.8) is 0 Å². The van der Waals surface area contributed by atoms with Gasteiger partial charge in [-0.05, 0) is 42.2 Å². The van der Waals surface area contributed by atoms with Crippen LogP contribution in [0.1, 0.15) is 35.3 Å². The molecule has 4 aromatic carbocycles. The molecule has 0 N–H and O–H groups in total. The van der Waals surface area contributed by atoms with Gasteiger partial charge < -0.3 is 0 Å². The van der Waals surface area contributed by atoms with Gasteiger partial charge in [0.25, 0.3) is 0 Å². The fourth-order valence-corrected chi connectivity index (χ4v) is 14.7. The third-order valence-electron chi connectivity index (χ3n) is 5.95. The van der Waals surface area contributed by atoms with E-state index in [0.717, 1.165) is 0 Å². The quantitative estimate of drug-likeness (QED) is 0.287. The minimum absolute atomic E-state index is 0.276. The number of hydrogen-bond donors (Lipinski definition) is 0. The summed E-state index contributed by atoms with van der Waals surface area (Å²) in [5, 5.41) is 3.04. The third-order valence-corrected chi connectivity index (χ3v) is 14.8. The van der Waals surface area contributed by atoms with Crippen LogP contribution in [0.15, 0.2) is 121 Å². The maximum atomic E-state index is 2.36. The molecule has 0 spiro atoms. The average Bonchev–Trinajstić information content (AvgIpc) is 3.26. The van der Waals surface area contributed by atoms with Crippen LogP contribution in [0.4, 0.5) is 0 Å². The van der Waals surface area contributed by atoms with E-state index in [9.17, 15) is 0 Å². The molecule has 0 bridgehead atoms. The predicted molar refractivity (Wildman–Crippen MR) is 134 cm³/mol. The lowest BCUT2D eigenvalue weighted by atomic mass is 10.0. The second kappa shape index (κ2) is 9.26. The smallest absolute Gasteiger partial charge is 0.00921 e. The molecular weight excluding hydrogens is 398 g/mol. The summed E-state index contributed by atoms with van der Waals surface area (Å²) in [4.78, 5) is 0. The van der Waals surface area contributed by atoms with Gasteiger partial charge in [-0.2, -0.15) is 0 Å². The molecule has 0 saturated carbocycles. The molecule has 2 atom stereocenters. The highest BCUT2D eigenvalue weighted by atomic mass is 32.1. The molecule has 0 aromatic heterocycles. The van der Waals surface area contributed by atoms with Crippen molar-refractivity contribution < 1.29 is 0 Å². The monoisotopic (exact) mass is 424 g/mol. The van der Waals surface area contributed by atoms with Crippen LogP contribution in [0.25, 0.3) is 0 Å². The van der Waals surface area contributed by atoms with Gasteiger partial charge in [0, 0.05) is 11.3 Å². The Balaban J connectivity index is 1.67. The van der Waals surface area contributed by atoms with Crippen molar-refractivity contribution in [1.29, 1.82) is 0 Å². The van der Waals surface area contributed by atoms with Crippen molar-refractivity contribution in [3.05, 3.63) is 132 Å². The van der Waals surface area contributed by atoms with E-state index in [1.54, 1.807) is 0 Å². The van der Waals surface area contributed by atoms with Crippen LogP contribution >= 0.6 is 15.2 Å². The van der Waals surface area contributed by atoms with E-state index >= 15 is 0 Å². The summed E-state index contributed by atoms with van der Waals surface area (Å²) >= 11 is 0. The first kappa shape index (κ1) is 19.7. The van der Waals surface area contributed by atoms with E-state index in [-0.39, 0.29) is 7.61 Å². The van der Waals surface area contributed by atoms with Gasteiger partial charge in [0.2, 0.25) is 0 Å². The van der Waals surface area contributed by atoms with Crippen LogP contribution < -0.4 is 10.6 Å². The lowest BCUT2D eigenvalue weighted by molar-refractivity contribution is 0.765. The molecular formula is C28H26P2. The summed E-state index contributed by atoms with van der Waals surface area (Å²) in [5.74, 6) is 0. The minimum atomic E-state index is -0.413. The van der Waals surface area contributed by atoms with Crippen molar-refractivity contribution in [2.75, 3.05) is 0 Å². The van der Waals surface area contributed by atoms with Crippen LogP contribution in [-0.4, -0.2) is 0 Å². The molecule has 0 nitrogen and oxygen atoms in total. The zero-order valence-electron chi connectivity index (χ0n) is 17.0. The molecule has 2 heteroatoms. The van der Waals surface area contributed by atoms with E-state index in [2.05, 4.69) is 121 Å². The van der Waals surface area contributed by atoms with E-state index in [0.29, 0.717) is 11.3 Å². The highest BCUT2D eigenvalue weighted by Crippen LogP contribution is 2.85. The largest absolute Gasteiger partial charge is 0.0622 e. The number of benzene rings is 4. The van der Waals surface area contributed by atoms with Crippen LogP contribution in [-0.2, 0) is 0 Å². The standard InChI is InChI=1S/C28H26P2/c1-5-13-23(14-6-1)27-21-22-28(24-15-7-2-8-16-24)30(27)29(25-17-9-3-10-18-25)26-19-11-4-12-20-26/h1-20,27-28H,21-22H2/t27-,28-/m1/s1. The zero-order valence-corrected chi connectivity index (χ0v) is 18.8. The van der Waals surface area contributed by atoms with Crippen LogP contribution in [0.5, 0.6) is 0 Å². The van der Waals surface area contributed by atoms with Gasteiger partial charge in [0.15, 0.2) is 0 Å². The highest BCUT2D eigenvalue weighted by Gasteiger charge is 2.42. The molecule has 1 aliphatic rings. The summed E-state index contributed by atoms with van der Waals surface area (Å²) in [7, 11) is -0.689. The maximum absolute atomic E-state index is 2.36. The molecule has 1 saturated heterocycles. The van der Waals surface area contributed by atoms with E-state index in [4.69, 9.17) is 0 Å². The van der Waals surface area contributed by atoms with Crippen LogP contribution in [0, 0.1) is 0 Å². The Morgan fingerprint density at radius 2 is 0.800 bits per heavy atom. The molecule has 1 fully saturated rings. The Labute approximate surface area is 182 Å². The number of hydrogen-bond acceptors (Lipinski definition) is 0. The Morgan fingerprint density at radius 1 is 0.467 bits per heavy atom. The average molecular weight is 424 g/mol. The first-order chi connectivity index (χ1) is 14.9. The van der Waals surface area contributed by atoms with Gasteiger partial charge in [-0.3, -0.25) is 0 Å². The Kier molecular flexibility index (Phi) is 6.08. The lowest BCUT2D eigenvalue weighted by Gasteiger charge is -2.35.